The van der Waals surface area contributed by atoms with Crippen LogP contribution in [0.2, 0.25) is 0 Å². The third-order valence-corrected chi connectivity index (χ3v) is 3.31. The van der Waals surface area contributed by atoms with E-state index in [1.807, 2.05) is 13.0 Å². The Labute approximate surface area is 138 Å². The van der Waals surface area contributed by atoms with Crippen LogP contribution in [0.1, 0.15) is 12.6 Å². The quantitative estimate of drug-likeness (QED) is 0.716. The van der Waals surface area contributed by atoms with Crippen LogP contribution in [-0.2, 0) is 11.3 Å². The van der Waals surface area contributed by atoms with E-state index < -0.39 is 0 Å². The van der Waals surface area contributed by atoms with Crippen LogP contribution in [0.3, 0.4) is 0 Å². The Balaban J connectivity index is 1.69. The second kappa shape index (κ2) is 7.22. The van der Waals surface area contributed by atoms with Gasteiger partial charge in [0.2, 0.25) is 0 Å². The van der Waals surface area contributed by atoms with Crippen LogP contribution in [0.25, 0.3) is 5.78 Å². The number of aromatic nitrogens is 4. The van der Waals surface area contributed by atoms with E-state index in [9.17, 15) is 4.39 Å². The van der Waals surface area contributed by atoms with E-state index >= 15 is 0 Å². The summed E-state index contributed by atoms with van der Waals surface area (Å²) in [6.45, 7) is 2.77. The molecule has 0 spiro atoms. The Morgan fingerprint density at radius 1 is 1.29 bits per heavy atom. The number of halogens is 1. The third kappa shape index (κ3) is 3.77. The molecule has 0 aliphatic heterocycles. The molecule has 0 aliphatic rings. The number of anilines is 1. The van der Waals surface area contributed by atoms with Crippen molar-refractivity contribution in [3.05, 3.63) is 48.2 Å². The number of methoxy groups -OCH3 is 1. The van der Waals surface area contributed by atoms with E-state index in [-0.39, 0.29) is 11.9 Å². The summed E-state index contributed by atoms with van der Waals surface area (Å²) in [5.41, 5.74) is 0.757. The highest BCUT2D eigenvalue weighted by molar-refractivity contribution is 5.45. The van der Waals surface area contributed by atoms with Crippen molar-refractivity contribution in [2.24, 2.45) is 0 Å². The van der Waals surface area contributed by atoms with Crippen molar-refractivity contribution in [3.63, 3.8) is 0 Å². The molecular weight excluding hydrogens is 313 g/mol. The Hall–Kier alpha value is -2.74. The highest BCUT2D eigenvalue weighted by Gasteiger charge is 2.11. The first-order valence-corrected chi connectivity index (χ1v) is 7.49. The summed E-state index contributed by atoms with van der Waals surface area (Å²) in [7, 11) is 1.61. The van der Waals surface area contributed by atoms with Gasteiger partial charge < -0.3 is 14.8 Å². The first-order chi connectivity index (χ1) is 11.7. The lowest BCUT2D eigenvalue weighted by Crippen LogP contribution is -2.25. The van der Waals surface area contributed by atoms with E-state index in [2.05, 4.69) is 20.4 Å². The van der Waals surface area contributed by atoms with Gasteiger partial charge in [0.1, 0.15) is 30.3 Å². The minimum Gasteiger partial charge on any atom is -0.491 e. The average Bonchev–Trinajstić information content (AvgIpc) is 3.03. The molecule has 0 radical (unpaired) electrons. The lowest BCUT2D eigenvalue weighted by molar-refractivity contribution is 0.181. The second-order valence-corrected chi connectivity index (χ2v) is 5.35. The molecule has 7 nitrogen and oxygen atoms in total. The molecule has 1 N–H and O–H groups in total. The van der Waals surface area contributed by atoms with Gasteiger partial charge in [0.05, 0.1) is 18.3 Å². The number of hydrogen-bond donors (Lipinski definition) is 1. The topological polar surface area (TPSA) is 73.6 Å². The second-order valence-electron chi connectivity index (χ2n) is 5.35. The van der Waals surface area contributed by atoms with Crippen molar-refractivity contribution in [1.29, 1.82) is 0 Å². The Bertz CT molecular complexity index is 806. The van der Waals surface area contributed by atoms with Crippen LogP contribution in [-0.4, -0.2) is 39.3 Å². The zero-order chi connectivity index (χ0) is 16.9. The number of rotatable bonds is 7. The number of ether oxygens (including phenoxy) is 2. The van der Waals surface area contributed by atoms with Crippen molar-refractivity contribution < 1.29 is 13.9 Å². The van der Waals surface area contributed by atoms with Crippen LogP contribution < -0.4 is 10.1 Å². The summed E-state index contributed by atoms with van der Waals surface area (Å²) in [6.07, 6.45) is 1.45. The maximum atomic E-state index is 12.9. The summed E-state index contributed by atoms with van der Waals surface area (Å²) < 4.78 is 25.3. The van der Waals surface area contributed by atoms with Gasteiger partial charge in [-0.1, -0.05) is 0 Å². The zero-order valence-electron chi connectivity index (χ0n) is 13.4. The van der Waals surface area contributed by atoms with Crippen molar-refractivity contribution in [2.75, 3.05) is 19.0 Å². The highest BCUT2D eigenvalue weighted by Crippen LogP contribution is 2.14. The smallest absolute Gasteiger partial charge is 0.254 e. The number of benzene rings is 1. The van der Waals surface area contributed by atoms with Crippen molar-refractivity contribution >= 4 is 11.6 Å². The molecule has 126 valence electrons. The van der Waals surface area contributed by atoms with Crippen molar-refractivity contribution in [1.82, 2.24) is 19.6 Å². The minimum absolute atomic E-state index is 0.0137. The first-order valence-electron chi connectivity index (χ1n) is 7.49. The molecule has 2 heterocycles. The largest absolute Gasteiger partial charge is 0.491 e. The lowest BCUT2D eigenvalue weighted by atomic mass is 10.3. The van der Waals surface area contributed by atoms with Gasteiger partial charge in [-0.3, -0.25) is 0 Å². The average molecular weight is 331 g/mol. The van der Waals surface area contributed by atoms with Crippen LogP contribution in [0, 0.1) is 5.82 Å². The Morgan fingerprint density at radius 3 is 2.83 bits per heavy atom. The molecule has 8 heteroatoms. The lowest BCUT2D eigenvalue weighted by Gasteiger charge is -2.17. The third-order valence-electron chi connectivity index (χ3n) is 3.31. The van der Waals surface area contributed by atoms with Gasteiger partial charge in [-0.25, -0.2) is 9.37 Å². The fourth-order valence-electron chi connectivity index (χ4n) is 2.23. The molecule has 2 aromatic heterocycles. The summed E-state index contributed by atoms with van der Waals surface area (Å²) in [5.74, 6) is 1.58. The molecule has 1 unspecified atom stereocenters. The minimum atomic E-state index is -0.287. The predicted molar refractivity (Wildman–Crippen MR) is 86.5 cm³/mol. The fourth-order valence-corrected chi connectivity index (χ4v) is 2.23. The van der Waals surface area contributed by atoms with Gasteiger partial charge in [-0.15, -0.1) is 0 Å². The molecule has 0 saturated heterocycles. The molecule has 3 rings (SSSR count). The maximum Gasteiger partial charge on any atom is 0.254 e. The van der Waals surface area contributed by atoms with E-state index in [1.54, 1.807) is 23.8 Å². The number of nitrogens with zero attached hydrogens (tertiary/aromatic N) is 4. The van der Waals surface area contributed by atoms with Gasteiger partial charge in [0.25, 0.3) is 5.78 Å². The Morgan fingerprint density at radius 2 is 2.08 bits per heavy atom. The van der Waals surface area contributed by atoms with Gasteiger partial charge >= 0.3 is 0 Å². The molecule has 0 amide bonds. The molecule has 0 bridgehead atoms. The maximum absolute atomic E-state index is 12.9. The highest BCUT2D eigenvalue weighted by atomic mass is 19.1. The predicted octanol–water partition coefficient (Wildman–Crippen LogP) is 2.29. The van der Waals surface area contributed by atoms with Crippen LogP contribution >= 0.6 is 0 Å². The molecule has 1 aromatic carbocycles. The fraction of sp³-hybridized carbons (Fsp3) is 0.312. The normalized spacial score (nSPS) is 12.3. The Kier molecular flexibility index (Phi) is 4.85. The van der Waals surface area contributed by atoms with Crippen molar-refractivity contribution in [2.45, 2.75) is 19.6 Å². The van der Waals surface area contributed by atoms with E-state index in [4.69, 9.17) is 9.47 Å². The SMILES string of the molecule is COCc1cc(NC(C)COc2ccc(F)cc2)n2ncnc2n1. The summed E-state index contributed by atoms with van der Waals surface area (Å²) in [4.78, 5) is 8.46. The molecular formula is C16H18FN5O2. The van der Waals surface area contributed by atoms with Gasteiger partial charge in [-0.05, 0) is 31.2 Å². The molecule has 0 fully saturated rings. The van der Waals surface area contributed by atoms with Crippen molar-refractivity contribution in [3.8, 4) is 5.75 Å². The van der Waals surface area contributed by atoms with Crippen LogP contribution in [0.15, 0.2) is 36.7 Å². The van der Waals surface area contributed by atoms with Crippen LogP contribution in [0.4, 0.5) is 10.2 Å². The monoisotopic (exact) mass is 331 g/mol. The van der Waals surface area contributed by atoms with E-state index in [0.717, 1.165) is 11.5 Å². The molecule has 0 saturated carbocycles. The summed E-state index contributed by atoms with van der Waals surface area (Å²) >= 11 is 0. The van der Waals surface area contributed by atoms with Gasteiger partial charge in [-0.2, -0.15) is 14.6 Å². The number of hydrogen-bond acceptors (Lipinski definition) is 6. The summed E-state index contributed by atoms with van der Waals surface area (Å²) in [6, 6.07) is 7.78. The molecule has 24 heavy (non-hydrogen) atoms. The van der Waals surface area contributed by atoms with Gasteiger partial charge in [0.15, 0.2) is 0 Å². The molecule has 3 aromatic rings. The molecule has 0 aliphatic carbocycles. The number of nitrogens with one attached hydrogen (secondary N) is 1. The first kappa shape index (κ1) is 16.1. The summed E-state index contributed by atoms with van der Waals surface area (Å²) in [5, 5.41) is 7.48. The zero-order valence-corrected chi connectivity index (χ0v) is 13.4. The van der Waals surface area contributed by atoms with E-state index in [1.165, 1.54) is 18.5 Å². The molecule has 1 atom stereocenters. The van der Waals surface area contributed by atoms with Gasteiger partial charge in [0, 0.05) is 13.2 Å². The van der Waals surface area contributed by atoms with E-state index in [0.29, 0.717) is 24.7 Å². The van der Waals surface area contributed by atoms with Crippen LogP contribution in [0.5, 0.6) is 5.75 Å². The standard InChI is InChI=1S/C16H18FN5O2/c1-11(8-24-14-5-3-12(17)4-6-14)20-15-7-13(9-23-2)21-16-18-10-19-22(15)16/h3-7,10-11,20H,8-9H2,1-2H3. The number of fused-ring (bicyclic) bond motifs is 1.